The van der Waals surface area contributed by atoms with Gasteiger partial charge in [-0.3, -0.25) is 19.3 Å². The topological polar surface area (TPSA) is 79.4 Å². The van der Waals surface area contributed by atoms with E-state index in [2.05, 4.69) is 22.4 Å². The zero-order valence-electron chi connectivity index (χ0n) is 14.1. The SMILES string of the molecule is O=C(CN1C(=O)[C@H]2C[C@@H](c3ccccc3)CC[C@H]2C1=O)Nc1nccs1. The van der Waals surface area contributed by atoms with E-state index < -0.39 is 0 Å². The Hall–Kier alpha value is -2.54. The van der Waals surface area contributed by atoms with Crippen molar-refractivity contribution in [1.82, 2.24) is 9.88 Å². The van der Waals surface area contributed by atoms with E-state index in [1.165, 1.54) is 16.9 Å². The monoisotopic (exact) mass is 369 g/mol. The lowest BCUT2D eigenvalue weighted by atomic mass is 9.73. The molecule has 0 unspecified atom stereocenters. The zero-order chi connectivity index (χ0) is 18.1. The molecule has 2 heterocycles. The van der Waals surface area contributed by atoms with Crippen molar-refractivity contribution < 1.29 is 14.4 Å². The minimum Gasteiger partial charge on any atom is -0.300 e. The van der Waals surface area contributed by atoms with Gasteiger partial charge in [-0.2, -0.15) is 0 Å². The van der Waals surface area contributed by atoms with E-state index in [0.29, 0.717) is 23.9 Å². The standard InChI is InChI=1S/C19H19N3O3S/c23-16(21-19-20-8-9-26-19)11-22-17(24)14-7-6-13(10-15(14)18(22)25)12-4-2-1-3-5-12/h1-5,8-9,13-15H,6-7,10-11H2,(H,20,21,23)/t13-,14+,15-/m0/s1. The molecule has 0 bridgehead atoms. The summed E-state index contributed by atoms with van der Waals surface area (Å²) < 4.78 is 0. The number of fused-ring (bicyclic) bond motifs is 1. The highest BCUT2D eigenvalue weighted by Crippen LogP contribution is 2.44. The molecule has 1 saturated heterocycles. The predicted octanol–water partition coefficient (Wildman–Crippen LogP) is 2.65. The third-order valence-electron chi connectivity index (χ3n) is 5.27. The molecule has 134 valence electrons. The number of likely N-dealkylation sites (tertiary alicyclic amines) is 1. The van der Waals surface area contributed by atoms with Crippen LogP contribution in [0.1, 0.15) is 30.7 Å². The van der Waals surface area contributed by atoms with Crippen molar-refractivity contribution in [2.45, 2.75) is 25.2 Å². The van der Waals surface area contributed by atoms with Gasteiger partial charge in [0.15, 0.2) is 5.13 Å². The number of thiazole rings is 1. The first-order valence-corrected chi connectivity index (χ1v) is 9.61. The van der Waals surface area contributed by atoms with E-state index in [1.807, 2.05) is 18.2 Å². The van der Waals surface area contributed by atoms with Gasteiger partial charge in [0.05, 0.1) is 11.8 Å². The molecule has 1 aromatic heterocycles. The van der Waals surface area contributed by atoms with Crippen LogP contribution in [-0.4, -0.2) is 34.2 Å². The van der Waals surface area contributed by atoms with Gasteiger partial charge in [0.25, 0.3) is 0 Å². The highest BCUT2D eigenvalue weighted by molar-refractivity contribution is 7.13. The van der Waals surface area contributed by atoms with E-state index in [0.717, 1.165) is 11.3 Å². The summed E-state index contributed by atoms with van der Waals surface area (Å²) in [4.78, 5) is 42.7. The van der Waals surface area contributed by atoms with Gasteiger partial charge >= 0.3 is 0 Å². The molecule has 3 atom stereocenters. The minimum absolute atomic E-state index is 0.208. The van der Waals surface area contributed by atoms with Crippen molar-refractivity contribution >= 4 is 34.2 Å². The fraction of sp³-hybridized carbons (Fsp3) is 0.368. The number of nitrogens with zero attached hydrogens (tertiary/aromatic N) is 2. The lowest BCUT2D eigenvalue weighted by molar-refractivity contribution is -0.142. The Morgan fingerprint density at radius 1 is 1.15 bits per heavy atom. The second kappa shape index (κ2) is 6.99. The summed E-state index contributed by atoms with van der Waals surface area (Å²) in [5.41, 5.74) is 1.21. The smallest absolute Gasteiger partial charge is 0.246 e. The zero-order valence-corrected chi connectivity index (χ0v) is 14.9. The quantitative estimate of drug-likeness (QED) is 0.841. The van der Waals surface area contributed by atoms with Gasteiger partial charge in [-0.05, 0) is 30.7 Å². The fourth-order valence-electron chi connectivity index (χ4n) is 4.02. The Kier molecular flexibility index (Phi) is 4.55. The third-order valence-corrected chi connectivity index (χ3v) is 5.96. The Balaban J connectivity index is 1.44. The molecule has 3 amide bonds. The first-order chi connectivity index (χ1) is 12.6. The van der Waals surface area contributed by atoms with Crippen LogP contribution in [0.15, 0.2) is 41.9 Å². The number of nitrogens with one attached hydrogen (secondary N) is 1. The minimum atomic E-state index is -0.389. The molecular formula is C19H19N3O3S. The van der Waals surface area contributed by atoms with Crippen LogP contribution in [0.25, 0.3) is 0 Å². The van der Waals surface area contributed by atoms with Crippen LogP contribution in [-0.2, 0) is 14.4 Å². The van der Waals surface area contributed by atoms with Gasteiger partial charge < -0.3 is 5.32 Å². The van der Waals surface area contributed by atoms with Crippen LogP contribution in [0, 0.1) is 11.8 Å². The first kappa shape index (κ1) is 16.9. The fourth-order valence-corrected chi connectivity index (χ4v) is 4.56. The van der Waals surface area contributed by atoms with Crippen LogP contribution in [0.5, 0.6) is 0 Å². The summed E-state index contributed by atoms with van der Waals surface area (Å²) in [7, 11) is 0. The lowest BCUT2D eigenvalue weighted by Gasteiger charge is -2.28. The summed E-state index contributed by atoms with van der Waals surface area (Å²) in [5, 5.41) is 4.85. The number of anilines is 1. The highest BCUT2D eigenvalue weighted by atomic mass is 32.1. The summed E-state index contributed by atoms with van der Waals surface area (Å²) in [5.74, 6) is -1.11. The number of amides is 3. The normalized spacial score (nSPS) is 25.2. The number of hydrogen-bond acceptors (Lipinski definition) is 5. The van der Waals surface area contributed by atoms with Crippen molar-refractivity contribution in [3.63, 3.8) is 0 Å². The average molecular weight is 369 g/mol. The summed E-state index contributed by atoms with van der Waals surface area (Å²) in [6.45, 7) is -0.236. The van der Waals surface area contributed by atoms with Crippen molar-refractivity contribution in [2.24, 2.45) is 11.8 Å². The molecule has 0 spiro atoms. The Labute approximate surface area is 155 Å². The van der Waals surface area contributed by atoms with Crippen LogP contribution in [0.3, 0.4) is 0 Å². The Morgan fingerprint density at radius 3 is 2.65 bits per heavy atom. The maximum Gasteiger partial charge on any atom is 0.246 e. The number of imide groups is 1. The molecule has 1 aliphatic heterocycles. The lowest BCUT2D eigenvalue weighted by Crippen LogP contribution is -2.38. The number of carbonyl (C=O) groups excluding carboxylic acids is 3. The molecular weight excluding hydrogens is 350 g/mol. The number of carbonyl (C=O) groups is 3. The van der Waals surface area contributed by atoms with Gasteiger partial charge in [-0.1, -0.05) is 30.3 Å². The molecule has 7 heteroatoms. The Bertz CT molecular complexity index is 822. The van der Waals surface area contributed by atoms with Gasteiger partial charge in [-0.15, -0.1) is 11.3 Å². The van der Waals surface area contributed by atoms with E-state index >= 15 is 0 Å². The van der Waals surface area contributed by atoms with E-state index in [-0.39, 0.29) is 36.1 Å². The second-order valence-corrected chi connectivity index (χ2v) is 7.68. The van der Waals surface area contributed by atoms with Gasteiger partial charge in [0.1, 0.15) is 6.54 Å². The average Bonchev–Trinajstić information content (AvgIpc) is 3.25. The molecule has 0 radical (unpaired) electrons. The first-order valence-electron chi connectivity index (χ1n) is 8.73. The maximum atomic E-state index is 12.8. The second-order valence-electron chi connectivity index (χ2n) is 6.78. The maximum absolute atomic E-state index is 12.8. The van der Waals surface area contributed by atoms with Gasteiger partial charge in [0, 0.05) is 11.6 Å². The van der Waals surface area contributed by atoms with Crippen LogP contribution < -0.4 is 5.32 Å². The largest absolute Gasteiger partial charge is 0.300 e. The van der Waals surface area contributed by atoms with Crippen molar-refractivity contribution in [3.8, 4) is 0 Å². The molecule has 26 heavy (non-hydrogen) atoms. The molecule has 2 aromatic rings. The predicted molar refractivity (Wildman–Crippen MR) is 97.5 cm³/mol. The molecule has 2 aliphatic rings. The van der Waals surface area contributed by atoms with Crippen LogP contribution >= 0.6 is 11.3 Å². The Morgan fingerprint density at radius 2 is 1.92 bits per heavy atom. The number of aromatic nitrogens is 1. The molecule has 1 aromatic carbocycles. The van der Waals surface area contributed by atoms with E-state index in [4.69, 9.17) is 0 Å². The molecule has 2 fully saturated rings. The third kappa shape index (κ3) is 3.14. The molecule has 1 aliphatic carbocycles. The number of benzene rings is 1. The highest BCUT2D eigenvalue weighted by Gasteiger charge is 2.50. The van der Waals surface area contributed by atoms with Crippen LogP contribution in [0.2, 0.25) is 0 Å². The molecule has 6 nitrogen and oxygen atoms in total. The molecule has 1 N–H and O–H groups in total. The summed E-state index contributed by atoms with van der Waals surface area (Å²) >= 11 is 1.30. The number of rotatable bonds is 4. The van der Waals surface area contributed by atoms with E-state index in [9.17, 15) is 14.4 Å². The van der Waals surface area contributed by atoms with Crippen LogP contribution in [0.4, 0.5) is 5.13 Å². The van der Waals surface area contributed by atoms with Crippen molar-refractivity contribution in [1.29, 1.82) is 0 Å². The van der Waals surface area contributed by atoms with Gasteiger partial charge in [-0.25, -0.2) is 4.98 Å². The summed E-state index contributed by atoms with van der Waals surface area (Å²) in [6, 6.07) is 10.1. The van der Waals surface area contributed by atoms with E-state index in [1.54, 1.807) is 11.6 Å². The van der Waals surface area contributed by atoms with Gasteiger partial charge in [0.2, 0.25) is 17.7 Å². The van der Waals surface area contributed by atoms with Crippen molar-refractivity contribution in [2.75, 3.05) is 11.9 Å². The molecule has 4 rings (SSSR count). The number of hydrogen-bond donors (Lipinski definition) is 1. The van der Waals surface area contributed by atoms with Crippen molar-refractivity contribution in [3.05, 3.63) is 47.5 Å². The summed E-state index contributed by atoms with van der Waals surface area (Å²) in [6.07, 6.45) is 3.84. The molecule has 1 saturated carbocycles.